The summed E-state index contributed by atoms with van der Waals surface area (Å²) in [5.74, 6) is -0.901. The van der Waals surface area contributed by atoms with Crippen LogP contribution in [0.2, 0.25) is 0 Å². The van der Waals surface area contributed by atoms with Gasteiger partial charge in [-0.05, 0) is 36.2 Å². The molecule has 132 valence electrons. The molecule has 6 heteroatoms. The van der Waals surface area contributed by atoms with Gasteiger partial charge in [0.05, 0.1) is 24.8 Å². The molecule has 25 heavy (non-hydrogen) atoms. The molecule has 1 aromatic heterocycles. The molecule has 1 unspecified atom stereocenters. The van der Waals surface area contributed by atoms with Crippen molar-refractivity contribution in [2.75, 3.05) is 32.8 Å². The molecule has 0 saturated carbocycles. The molecule has 2 aromatic rings. The van der Waals surface area contributed by atoms with E-state index in [4.69, 9.17) is 4.74 Å². The van der Waals surface area contributed by atoms with Gasteiger partial charge in [0.1, 0.15) is 5.82 Å². The molecule has 1 fully saturated rings. The van der Waals surface area contributed by atoms with Crippen LogP contribution in [0.3, 0.4) is 0 Å². The van der Waals surface area contributed by atoms with Crippen LogP contribution >= 0.6 is 0 Å². The van der Waals surface area contributed by atoms with E-state index >= 15 is 0 Å². The minimum Gasteiger partial charge on any atom is -0.379 e. The van der Waals surface area contributed by atoms with E-state index in [0.29, 0.717) is 19.8 Å². The highest BCUT2D eigenvalue weighted by molar-refractivity contribution is 5.94. The fourth-order valence-electron chi connectivity index (χ4n) is 3.01. The minimum atomic E-state index is -0.498. The number of carbonyl (C=O) groups is 1. The quantitative estimate of drug-likeness (QED) is 0.905. The minimum absolute atomic E-state index is 0.0185. The van der Waals surface area contributed by atoms with E-state index in [1.165, 1.54) is 12.1 Å². The second-order valence-corrected chi connectivity index (χ2v) is 6.14. The Morgan fingerprint density at radius 2 is 2.16 bits per heavy atom. The lowest BCUT2D eigenvalue weighted by atomic mass is 10.1. The van der Waals surface area contributed by atoms with E-state index in [0.717, 1.165) is 24.2 Å². The summed E-state index contributed by atoms with van der Waals surface area (Å²) in [6.45, 7) is 5.08. The number of nitrogens with one attached hydrogen (secondary N) is 1. The predicted octanol–water partition coefficient (Wildman–Crippen LogP) is 2.33. The van der Waals surface area contributed by atoms with Gasteiger partial charge >= 0.3 is 0 Å². The Morgan fingerprint density at radius 3 is 2.84 bits per heavy atom. The van der Waals surface area contributed by atoms with Gasteiger partial charge in [-0.15, -0.1) is 0 Å². The number of hydrogen-bond acceptors (Lipinski definition) is 4. The Balaban J connectivity index is 1.72. The van der Waals surface area contributed by atoms with E-state index in [2.05, 4.69) is 15.2 Å². The zero-order valence-corrected chi connectivity index (χ0v) is 14.2. The molecule has 1 aliphatic heterocycles. The lowest BCUT2D eigenvalue weighted by Crippen LogP contribution is -2.44. The standard InChI is InChI=1S/C19H22FN3O2/c1-14-4-5-16(17(20)11-14)19(24)22-13-18(15-3-2-6-21-12-15)23-7-9-25-10-8-23/h2-6,11-12,18H,7-10,13H2,1H3,(H,22,24). The summed E-state index contributed by atoms with van der Waals surface area (Å²) >= 11 is 0. The summed E-state index contributed by atoms with van der Waals surface area (Å²) in [6, 6.07) is 8.48. The van der Waals surface area contributed by atoms with Crippen molar-refractivity contribution in [3.63, 3.8) is 0 Å². The van der Waals surface area contributed by atoms with E-state index in [1.807, 2.05) is 12.1 Å². The molecule has 2 heterocycles. The molecule has 1 aromatic carbocycles. The van der Waals surface area contributed by atoms with Gasteiger partial charge in [-0.1, -0.05) is 12.1 Å². The highest BCUT2D eigenvalue weighted by atomic mass is 19.1. The summed E-state index contributed by atoms with van der Waals surface area (Å²) in [5.41, 5.74) is 1.88. The van der Waals surface area contributed by atoms with Crippen molar-refractivity contribution in [2.24, 2.45) is 0 Å². The number of carbonyl (C=O) groups excluding carboxylic acids is 1. The average molecular weight is 343 g/mol. The molecule has 0 aliphatic carbocycles. The van der Waals surface area contributed by atoms with Crippen LogP contribution in [0.1, 0.15) is 27.5 Å². The molecule has 0 spiro atoms. The van der Waals surface area contributed by atoms with Crippen molar-refractivity contribution in [3.8, 4) is 0 Å². The van der Waals surface area contributed by atoms with Gasteiger partial charge in [0.15, 0.2) is 0 Å². The van der Waals surface area contributed by atoms with Crippen molar-refractivity contribution in [1.82, 2.24) is 15.2 Å². The molecule has 3 rings (SSSR count). The van der Waals surface area contributed by atoms with Crippen LogP contribution in [-0.2, 0) is 4.74 Å². The number of aromatic nitrogens is 1. The second-order valence-electron chi connectivity index (χ2n) is 6.14. The third-order valence-corrected chi connectivity index (χ3v) is 4.38. The first-order valence-electron chi connectivity index (χ1n) is 8.41. The zero-order chi connectivity index (χ0) is 17.6. The third kappa shape index (κ3) is 4.41. The van der Waals surface area contributed by atoms with Crippen LogP contribution in [0.5, 0.6) is 0 Å². The van der Waals surface area contributed by atoms with Crippen LogP contribution in [0, 0.1) is 12.7 Å². The number of pyridine rings is 1. The fourth-order valence-corrected chi connectivity index (χ4v) is 3.01. The Hall–Kier alpha value is -2.31. The number of aryl methyl sites for hydroxylation is 1. The summed E-state index contributed by atoms with van der Waals surface area (Å²) in [4.78, 5) is 18.8. The van der Waals surface area contributed by atoms with E-state index in [1.54, 1.807) is 25.4 Å². The zero-order valence-electron chi connectivity index (χ0n) is 14.2. The molecular weight excluding hydrogens is 321 g/mol. The molecule has 1 N–H and O–H groups in total. The number of halogens is 1. The first kappa shape index (κ1) is 17.5. The number of amides is 1. The third-order valence-electron chi connectivity index (χ3n) is 4.38. The molecule has 1 amide bonds. The smallest absolute Gasteiger partial charge is 0.254 e. The van der Waals surface area contributed by atoms with Crippen LogP contribution in [0.25, 0.3) is 0 Å². The highest BCUT2D eigenvalue weighted by Crippen LogP contribution is 2.20. The Bertz CT molecular complexity index is 718. The van der Waals surface area contributed by atoms with Crippen LogP contribution in [-0.4, -0.2) is 48.6 Å². The Kier molecular flexibility index (Phi) is 5.73. The Morgan fingerprint density at radius 1 is 1.36 bits per heavy atom. The monoisotopic (exact) mass is 343 g/mol. The van der Waals surface area contributed by atoms with Crippen molar-refractivity contribution in [2.45, 2.75) is 13.0 Å². The van der Waals surface area contributed by atoms with Crippen molar-refractivity contribution >= 4 is 5.91 Å². The number of ether oxygens (including phenoxy) is 1. The molecule has 0 bridgehead atoms. The Labute approximate surface area is 146 Å². The maximum Gasteiger partial charge on any atom is 0.254 e. The van der Waals surface area contributed by atoms with Crippen molar-refractivity contribution < 1.29 is 13.9 Å². The number of nitrogens with zero attached hydrogens (tertiary/aromatic N) is 2. The van der Waals surface area contributed by atoms with Gasteiger partial charge in [0.2, 0.25) is 0 Å². The van der Waals surface area contributed by atoms with Gasteiger partial charge < -0.3 is 10.1 Å². The molecule has 1 saturated heterocycles. The number of morpholine rings is 1. The number of benzene rings is 1. The summed E-state index contributed by atoms with van der Waals surface area (Å²) in [5, 5.41) is 2.87. The fraction of sp³-hybridized carbons (Fsp3) is 0.368. The number of hydrogen-bond donors (Lipinski definition) is 1. The van der Waals surface area contributed by atoms with Crippen LogP contribution in [0.4, 0.5) is 4.39 Å². The molecule has 5 nitrogen and oxygen atoms in total. The SMILES string of the molecule is Cc1ccc(C(=O)NCC(c2cccnc2)N2CCOCC2)c(F)c1. The second kappa shape index (κ2) is 8.18. The van der Waals surface area contributed by atoms with Gasteiger partial charge in [-0.2, -0.15) is 0 Å². The normalized spacial score (nSPS) is 16.4. The first-order chi connectivity index (χ1) is 12.1. The summed E-state index contributed by atoms with van der Waals surface area (Å²) < 4.78 is 19.4. The van der Waals surface area contributed by atoms with Crippen molar-refractivity contribution in [3.05, 3.63) is 65.2 Å². The lowest BCUT2D eigenvalue weighted by Gasteiger charge is -2.34. The van der Waals surface area contributed by atoms with E-state index in [-0.39, 0.29) is 11.6 Å². The maximum atomic E-state index is 14.0. The van der Waals surface area contributed by atoms with Gasteiger partial charge in [0.25, 0.3) is 5.91 Å². The van der Waals surface area contributed by atoms with E-state index < -0.39 is 11.7 Å². The summed E-state index contributed by atoms with van der Waals surface area (Å²) in [6.07, 6.45) is 3.53. The largest absolute Gasteiger partial charge is 0.379 e. The molecule has 1 atom stereocenters. The topological polar surface area (TPSA) is 54.5 Å². The first-order valence-corrected chi connectivity index (χ1v) is 8.41. The van der Waals surface area contributed by atoms with Gasteiger partial charge in [0, 0.05) is 32.0 Å². The maximum absolute atomic E-state index is 14.0. The van der Waals surface area contributed by atoms with E-state index in [9.17, 15) is 9.18 Å². The predicted molar refractivity (Wildman–Crippen MR) is 92.8 cm³/mol. The lowest BCUT2D eigenvalue weighted by molar-refractivity contribution is 0.0161. The van der Waals surface area contributed by atoms with Crippen LogP contribution in [0.15, 0.2) is 42.7 Å². The van der Waals surface area contributed by atoms with Gasteiger partial charge in [-0.25, -0.2) is 4.39 Å². The molecule has 0 radical (unpaired) electrons. The number of rotatable bonds is 5. The van der Waals surface area contributed by atoms with Gasteiger partial charge in [-0.3, -0.25) is 14.7 Å². The molecular formula is C19H22FN3O2. The average Bonchev–Trinajstić information content (AvgIpc) is 2.63. The molecule has 1 aliphatic rings. The highest BCUT2D eigenvalue weighted by Gasteiger charge is 2.24. The van der Waals surface area contributed by atoms with Crippen molar-refractivity contribution in [1.29, 1.82) is 0 Å². The summed E-state index contributed by atoms with van der Waals surface area (Å²) in [7, 11) is 0. The van der Waals surface area contributed by atoms with Crippen LogP contribution < -0.4 is 5.32 Å².